The molecule has 0 aromatic carbocycles. The van der Waals surface area contributed by atoms with Gasteiger partial charge < -0.3 is 20.1 Å². The second kappa shape index (κ2) is 5.82. The first-order chi connectivity index (χ1) is 6.75. The van der Waals surface area contributed by atoms with E-state index >= 15 is 0 Å². The fourth-order valence-electron chi connectivity index (χ4n) is 1.58. The number of rotatable bonds is 3. The molecule has 82 valence electrons. The van der Waals surface area contributed by atoms with Crippen LogP contribution in [0, 0.1) is 0 Å². The summed E-state index contributed by atoms with van der Waals surface area (Å²) in [6.45, 7) is 1.85. The summed E-state index contributed by atoms with van der Waals surface area (Å²) in [7, 11) is 1.75. The van der Waals surface area contributed by atoms with Gasteiger partial charge in [-0.15, -0.1) is 0 Å². The zero-order valence-corrected chi connectivity index (χ0v) is 8.53. The van der Waals surface area contributed by atoms with Gasteiger partial charge in [-0.2, -0.15) is 0 Å². The maximum Gasteiger partial charge on any atom is 0.409 e. The van der Waals surface area contributed by atoms with E-state index in [0.717, 1.165) is 25.9 Å². The van der Waals surface area contributed by atoms with Crippen LogP contribution in [0.1, 0.15) is 12.8 Å². The minimum Gasteiger partial charge on any atom is -0.447 e. The van der Waals surface area contributed by atoms with Crippen molar-refractivity contribution in [1.29, 1.82) is 0 Å². The van der Waals surface area contributed by atoms with Gasteiger partial charge in [-0.05, 0) is 25.9 Å². The van der Waals surface area contributed by atoms with E-state index in [4.69, 9.17) is 9.84 Å². The fraction of sp³-hybridized carbons (Fsp3) is 0.889. The Balaban J connectivity index is 2.30. The lowest BCUT2D eigenvalue weighted by atomic mass is 10.1. The van der Waals surface area contributed by atoms with Crippen molar-refractivity contribution >= 4 is 6.09 Å². The molecule has 0 aromatic rings. The Kier molecular flexibility index (Phi) is 4.69. The Morgan fingerprint density at radius 3 is 2.79 bits per heavy atom. The van der Waals surface area contributed by atoms with E-state index in [2.05, 4.69) is 5.32 Å². The molecule has 0 atom stereocenters. The largest absolute Gasteiger partial charge is 0.447 e. The number of aliphatic hydroxyl groups excluding tert-OH is 1. The Morgan fingerprint density at radius 2 is 2.21 bits per heavy atom. The van der Waals surface area contributed by atoms with E-state index in [9.17, 15) is 4.79 Å². The number of hydrogen-bond donors (Lipinski definition) is 2. The smallest absolute Gasteiger partial charge is 0.409 e. The number of ether oxygens (including phenoxy) is 1. The lowest BCUT2D eigenvalue weighted by Gasteiger charge is -2.30. The van der Waals surface area contributed by atoms with Gasteiger partial charge in [0.25, 0.3) is 0 Å². The van der Waals surface area contributed by atoms with Crippen molar-refractivity contribution in [2.24, 2.45) is 0 Å². The van der Waals surface area contributed by atoms with Crippen LogP contribution in [-0.2, 0) is 4.74 Å². The zero-order chi connectivity index (χ0) is 10.4. The number of nitrogens with zero attached hydrogens (tertiary/aromatic N) is 1. The summed E-state index contributed by atoms with van der Waals surface area (Å²) in [5, 5.41) is 11.7. The molecule has 0 aromatic heterocycles. The molecule has 0 bridgehead atoms. The Labute approximate surface area is 84.0 Å². The number of hydrogen-bond acceptors (Lipinski definition) is 4. The van der Waals surface area contributed by atoms with Crippen molar-refractivity contribution in [2.45, 2.75) is 18.9 Å². The Hall–Kier alpha value is -0.810. The molecule has 1 heterocycles. The van der Waals surface area contributed by atoms with Crippen molar-refractivity contribution < 1.29 is 14.6 Å². The molecule has 0 unspecified atom stereocenters. The molecule has 1 rings (SSSR count). The van der Waals surface area contributed by atoms with Crippen LogP contribution in [0.15, 0.2) is 0 Å². The molecular formula is C9H18N2O3. The summed E-state index contributed by atoms with van der Waals surface area (Å²) in [5.41, 5.74) is 0. The molecule has 2 N–H and O–H groups in total. The minimum absolute atomic E-state index is 0.0775. The highest BCUT2D eigenvalue weighted by Crippen LogP contribution is 2.10. The molecule has 0 saturated carbocycles. The topological polar surface area (TPSA) is 61.8 Å². The molecule has 5 heteroatoms. The zero-order valence-electron chi connectivity index (χ0n) is 8.53. The first-order valence-corrected chi connectivity index (χ1v) is 4.97. The van der Waals surface area contributed by atoms with E-state index in [1.807, 2.05) is 0 Å². The summed E-state index contributed by atoms with van der Waals surface area (Å²) in [4.78, 5) is 13.0. The third-order valence-electron chi connectivity index (χ3n) is 2.46. The van der Waals surface area contributed by atoms with E-state index in [1.54, 1.807) is 11.9 Å². The molecule has 14 heavy (non-hydrogen) atoms. The van der Waals surface area contributed by atoms with Gasteiger partial charge in [0.15, 0.2) is 0 Å². The van der Waals surface area contributed by atoms with Crippen LogP contribution in [0.4, 0.5) is 4.79 Å². The first-order valence-electron chi connectivity index (χ1n) is 4.97. The summed E-state index contributed by atoms with van der Waals surface area (Å²) in [5.74, 6) is 0. The van der Waals surface area contributed by atoms with Gasteiger partial charge in [0.05, 0.1) is 6.61 Å². The van der Waals surface area contributed by atoms with Crippen LogP contribution in [0.2, 0.25) is 0 Å². The van der Waals surface area contributed by atoms with Gasteiger partial charge >= 0.3 is 6.09 Å². The van der Waals surface area contributed by atoms with Gasteiger partial charge in [-0.1, -0.05) is 0 Å². The second-order valence-electron chi connectivity index (χ2n) is 3.43. The molecule has 1 aliphatic heterocycles. The van der Waals surface area contributed by atoms with Crippen molar-refractivity contribution in [3.05, 3.63) is 0 Å². The van der Waals surface area contributed by atoms with Gasteiger partial charge in [-0.25, -0.2) is 4.79 Å². The summed E-state index contributed by atoms with van der Waals surface area (Å²) >= 11 is 0. The van der Waals surface area contributed by atoms with Crippen LogP contribution in [-0.4, -0.2) is 55.5 Å². The predicted octanol–water partition coefficient (Wildman–Crippen LogP) is -0.201. The number of aliphatic hydroxyl groups is 1. The number of piperidine rings is 1. The molecule has 0 radical (unpaired) electrons. The summed E-state index contributed by atoms with van der Waals surface area (Å²) in [6.07, 6.45) is 1.58. The van der Waals surface area contributed by atoms with Crippen LogP contribution in [0.5, 0.6) is 0 Å². The fourth-order valence-corrected chi connectivity index (χ4v) is 1.58. The maximum atomic E-state index is 11.4. The molecule has 1 aliphatic rings. The highest BCUT2D eigenvalue weighted by molar-refractivity contribution is 5.67. The molecule has 1 saturated heterocycles. The molecule has 1 fully saturated rings. The minimum atomic E-state index is -0.342. The van der Waals surface area contributed by atoms with Gasteiger partial charge in [0.1, 0.15) is 6.61 Å². The van der Waals surface area contributed by atoms with E-state index in [-0.39, 0.29) is 25.3 Å². The summed E-state index contributed by atoms with van der Waals surface area (Å²) < 4.78 is 4.82. The molecule has 0 aliphatic carbocycles. The van der Waals surface area contributed by atoms with Crippen LogP contribution in [0.3, 0.4) is 0 Å². The number of nitrogens with one attached hydrogen (secondary N) is 1. The number of carbonyl (C=O) groups excluding carboxylic acids is 1. The molecule has 1 amide bonds. The SMILES string of the molecule is CN(C(=O)OCCO)C1CCNCC1. The van der Waals surface area contributed by atoms with Crippen molar-refractivity contribution in [3.63, 3.8) is 0 Å². The third-order valence-corrected chi connectivity index (χ3v) is 2.46. The van der Waals surface area contributed by atoms with Crippen LogP contribution in [0.25, 0.3) is 0 Å². The third kappa shape index (κ3) is 3.16. The first kappa shape index (κ1) is 11.3. The lowest BCUT2D eigenvalue weighted by molar-refractivity contribution is 0.0750. The van der Waals surface area contributed by atoms with Crippen LogP contribution >= 0.6 is 0 Å². The predicted molar refractivity (Wildman–Crippen MR) is 52.1 cm³/mol. The number of amides is 1. The summed E-state index contributed by atoms with van der Waals surface area (Å²) in [6, 6.07) is 0.266. The van der Waals surface area contributed by atoms with Crippen molar-refractivity contribution in [1.82, 2.24) is 10.2 Å². The molecule has 5 nitrogen and oxygen atoms in total. The average Bonchev–Trinajstić information content (AvgIpc) is 2.26. The monoisotopic (exact) mass is 202 g/mol. The van der Waals surface area contributed by atoms with Gasteiger partial charge in [-0.3, -0.25) is 0 Å². The standard InChI is InChI=1S/C9H18N2O3/c1-11(9(13)14-7-6-12)8-2-4-10-5-3-8/h8,10,12H,2-7H2,1H3. The maximum absolute atomic E-state index is 11.4. The molecular weight excluding hydrogens is 184 g/mol. The van der Waals surface area contributed by atoms with Gasteiger partial charge in [0.2, 0.25) is 0 Å². The lowest BCUT2D eigenvalue weighted by Crippen LogP contribution is -2.44. The molecule has 0 spiro atoms. The average molecular weight is 202 g/mol. The van der Waals surface area contributed by atoms with Gasteiger partial charge in [0, 0.05) is 13.1 Å². The Bertz CT molecular complexity index is 181. The van der Waals surface area contributed by atoms with Crippen LogP contribution < -0.4 is 5.32 Å². The van der Waals surface area contributed by atoms with E-state index in [0.29, 0.717) is 0 Å². The Morgan fingerprint density at radius 1 is 1.57 bits per heavy atom. The van der Waals surface area contributed by atoms with Crippen molar-refractivity contribution in [3.8, 4) is 0 Å². The second-order valence-corrected chi connectivity index (χ2v) is 3.43. The quantitative estimate of drug-likeness (QED) is 0.665. The van der Waals surface area contributed by atoms with E-state index in [1.165, 1.54) is 0 Å². The van der Waals surface area contributed by atoms with Crippen molar-refractivity contribution in [2.75, 3.05) is 33.4 Å². The highest BCUT2D eigenvalue weighted by Gasteiger charge is 2.22. The van der Waals surface area contributed by atoms with E-state index < -0.39 is 0 Å². The normalized spacial score (nSPS) is 17.9. The number of carbonyl (C=O) groups is 1. The highest BCUT2D eigenvalue weighted by atomic mass is 16.6.